The number of rotatable bonds is 9. The molecule has 0 radical (unpaired) electrons. The summed E-state index contributed by atoms with van der Waals surface area (Å²) in [5.74, 6) is -0.124. The van der Waals surface area contributed by atoms with Crippen molar-refractivity contribution in [2.45, 2.75) is 19.4 Å². The fraction of sp³-hybridized carbons (Fsp3) is 0.286. The Hall–Kier alpha value is -2.93. The second-order valence-electron chi connectivity index (χ2n) is 6.45. The number of oxime groups is 2. The summed E-state index contributed by atoms with van der Waals surface area (Å²) in [6.45, 7) is -1.01. The van der Waals surface area contributed by atoms with Crippen molar-refractivity contribution in [3.8, 4) is 0 Å². The van der Waals surface area contributed by atoms with Gasteiger partial charge in [0.15, 0.2) is 5.71 Å². The highest BCUT2D eigenvalue weighted by Crippen LogP contribution is 2.33. The van der Waals surface area contributed by atoms with Crippen LogP contribution in [0.5, 0.6) is 0 Å². The fourth-order valence-corrected chi connectivity index (χ4v) is 2.94. The Labute approximate surface area is 173 Å². The minimum Gasteiger partial charge on any atom is -0.391 e. The van der Waals surface area contributed by atoms with Crippen LogP contribution in [0.15, 0.2) is 58.8 Å². The number of amides is 1. The van der Waals surface area contributed by atoms with Gasteiger partial charge in [0.2, 0.25) is 0 Å². The Morgan fingerprint density at radius 1 is 1.14 bits per heavy atom. The van der Waals surface area contributed by atoms with E-state index in [-0.39, 0.29) is 12.3 Å². The van der Waals surface area contributed by atoms with Crippen LogP contribution in [-0.4, -0.2) is 31.2 Å². The van der Waals surface area contributed by atoms with Crippen molar-refractivity contribution in [2.75, 3.05) is 13.9 Å². The van der Waals surface area contributed by atoms with Crippen LogP contribution < -0.4 is 5.32 Å². The Morgan fingerprint density at radius 3 is 2.52 bits per heavy atom. The molecule has 1 amide bonds. The highest BCUT2D eigenvalue weighted by atomic mass is 35.5. The van der Waals surface area contributed by atoms with E-state index in [1.165, 1.54) is 7.05 Å². The van der Waals surface area contributed by atoms with Gasteiger partial charge in [0.05, 0.1) is 5.71 Å². The summed E-state index contributed by atoms with van der Waals surface area (Å²) in [5, 5.41) is 11.1. The van der Waals surface area contributed by atoms with Crippen LogP contribution in [0.3, 0.4) is 0 Å². The van der Waals surface area contributed by atoms with Gasteiger partial charge in [0.1, 0.15) is 6.61 Å². The molecular weight excluding hydrogens is 397 g/mol. The van der Waals surface area contributed by atoms with Crippen LogP contribution in [0, 0.1) is 5.92 Å². The number of carbonyl (C=O) groups is 1. The number of alkyl halides is 1. The molecule has 6 nitrogen and oxygen atoms in total. The predicted octanol–water partition coefficient (Wildman–Crippen LogP) is 4.06. The van der Waals surface area contributed by atoms with E-state index in [9.17, 15) is 9.18 Å². The lowest BCUT2D eigenvalue weighted by molar-refractivity contribution is -0.114. The Kier molecular flexibility index (Phi) is 7.19. The maximum atomic E-state index is 12.4. The molecule has 0 unspecified atom stereocenters. The van der Waals surface area contributed by atoms with Crippen LogP contribution in [-0.2, 0) is 21.1 Å². The zero-order valence-electron chi connectivity index (χ0n) is 15.9. The maximum Gasteiger partial charge on any atom is 0.273 e. The number of hydrogen-bond donors (Lipinski definition) is 1. The highest BCUT2D eigenvalue weighted by Gasteiger charge is 2.29. The Bertz CT molecular complexity index is 912. The Balaban J connectivity index is 1.80. The van der Waals surface area contributed by atoms with Gasteiger partial charge in [0, 0.05) is 29.1 Å². The van der Waals surface area contributed by atoms with Crippen molar-refractivity contribution < 1.29 is 18.9 Å². The van der Waals surface area contributed by atoms with Crippen molar-refractivity contribution in [1.82, 2.24) is 5.32 Å². The lowest BCUT2D eigenvalue weighted by atomic mass is 10.0. The second-order valence-corrected chi connectivity index (χ2v) is 6.88. The van der Waals surface area contributed by atoms with Crippen molar-refractivity contribution >= 4 is 28.9 Å². The van der Waals surface area contributed by atoms with Crippen molar-refractivity contribution in [1.29, 1.82) is 0 Å². The molecule has 1 saturated carbocycles. The molecule has 152 valence electrons. The van der Waals surface area contributed by atoms with Gasteiger partial charge in [-0.05, 0) is 30.5 Å². The molecule has 29 heavy (non-hydrogen) atoms. The summed E-state index contributed by atoms with van der Waals surface area (Å²) < 4.78 is 12.4. The molecule has 1 N–H and O–H groups in total. The monoisotopic (exact) mass is 417 g/mol. The first-order chi connectivity index (χ1) is 14.1. The molecule has 0 atom stereocenters. The lowest BCUT2D eigenvalue weighted by Crippen LogP contribution is -2.29. The average molecular weight is 418 g/mol. The minimum atomic E-state index is -1.13. The molecule has 0 heterocycles. The zero-order chi connectivity index (χ0) is 20.6. The molecule has 1 aliphatic carbocycles. The van der Waals surface area contributed by atoms with E-state index < -0.39 is 12.8 Å². The van der Waals surface area contributed by atoms with E-state index in [4.69, 9.17) is 16.4 Å². The summed E-state index contributed by atoms with van der Waals surface area (Å²) in [6.07, 6.45) is 2.13. The summed E-state index contributed by atoms with van der Waals surface area (Å²) in [4.78, 5) is 22.2. The largest absolute Gasteiger partial charge is 0.391 e. The van der Waals surface area contributed by atoms with E-state index in [0.29, 0.717) is 22.1 Å². The normalized spacial score (nSPS) is 14.4. The number of halogens is 2. The number of carbonyl (C=O) groups excluding carboxylic acids is 1. The second kappa shape index (κ2) is 10.0. The highest BCUT2D eigenvalue weighted by molar-refractivity contribution is 6.45. The van der Waals surface area contributed by atoms with E-state index in [0.717, 1.165) is 24.1 Å². The first kappa shape index (κ1) is 20.8. The third-order valence-electron chi connectivity index (χ3n) is 4.41. The SMILES string of the molecule is CNC(=O)/C(=N/OCF)c1ccccc1CON=C(c1ccc(Cl)cc1)C1CC1. The van der Waals surface area contributed by atoms with Crippen molar-refractivity contribution in [2.24, 2.45) is 16.2 Å². The lowest BCUT2D eigenvalue weighted by Gasteiger charge is -2.11. The number of hydrogen-bond acceptors (Lipinski definition) is 5. The molecule has 0 aromatic heterocycles. The molecule has 1 fully saturated rings. The maximum absolute atomic E-state index is 12.4. The summed E-state index contributed by atoms with van der Waals surface area (Å²) in [5.41, 5.74) is 2.96. The fourth-order valence-electron chi connectivity index (χ4n) is 2.81. The van der Waals surface area contributed by atoms with E-state index in [2.05, 4.69) is 20.5 Å². The quantitative estimate of drug-likeness (QED) is 0.494. The molecule has 3 rings (SSSR count). The molecule has 8 heteroatoms. The molecule has 0 bridgehead atoms. The van der Waals surface area contributed by atoms with Crippen LogP contribution in [0.25, 0.3) is 0 Å². The van der Waals surface area contributed by atoms with Gasteiger partial charge < -0.3 is 15.0 Å². The van der Waals surface area contributed by atoms with Crippen LogP contribution in [0.4, 0.5) is 4.39 Å². The smallest absolute Gasteiger partial charge is 0.273 e. The summed E-state index contributed by atoms with van der Waals surface area (Å²) in [7, 11) is 1.46. The van der Waals surface area contributed by atoms with Gasteiger partial charge in [-0.2, -0.15) is 0 Å². The molecule has 0 aliphatic heterocycles. The minimum absolute atomic E-state index is 0.0338. The molecule has 2 aromatic carbocycles. The topological polar surface area (TPSA) is 72.3 Å². The molecule has 0 spiro atoms. The Morgan fingerprint density at radius 2 is 1.86 bits per heavy atom. The molecule has 0 saturated heterocycles. The van der Waals surface area contributed by atoms with Gasteiger partial charge >= 0.3 is 0 Å². The van der Waals surface area contributed by atoms with Crippen LogP contribution in [0.2, 0.25) is 5.02 Å². The zero-order valence-corrected chi connectivity index (χ0v) is 16.7. The van der Waals surface area contributed by atoms with Gasteiger partial charge in [0.25, 0.3) is 12.8 Å². The van der Waals surface area contributed by atoms with Gasteiger partial charge in [-0.3, -0.25) is 4.79 Å². The number of likely N-dealkylation sites (N-methyl/N-ethyl adjacent to an activating group) is 1. The summed E-state index contributed by atoms with van der Waals surface area (Å²) >= 11 is 5.97. The van der Waals surface area contributed by atoms with Gasteiger partial charge in [-0.15, -0.1) is 0 Å². The van der Waals surface area contributed by atoms with Crippen LogP contribution in [0.1, 0.15) is 29.5 Å². The third-order valence-corrected chi connectivity index (χ3v) is 4.66. The van der Waals surface area contributed by atoms with Crippen molar-refractivity contribution in [3.63, 3.8) is 0 Å². The first-order valence-electron chi connectivity index (χ1n) is 9.16. The molecule has 2 aromatic rings. The average Bonchev–Trinajstić information content (AvgIpc) is 3.58. The first-order valence-corrected chi connectivity index (χ1v) is 9.54. The standard InChI is InChI=1S/C21H21ClFN3O3/c1-24-21(27)20(26-29-13-23)18-5-3-2-4-16(18)12-28-25-19(14-6-7-14)15-8-10-17(22)11-9-15/h2-5,8-11,14H,6-7,12-13H2,1H3,(H,24,27)/b25-19?,26-20+. The summed E-state index contributed by atoms with van der Waals surface area (Å²) in [6, 6.07) is 14.5. The van der Waals surface area contributed by atoms with Gasteiger partial charge in [-0.1, -0.05) is 58.3 Å². The van der Waals surface area contributed by atoms with E-state index in [1.54, 1.807) is 18.2 Å². The van der Waals surface area contributed by atoms with E-state index >= 15 is 0 Å². The number of nitrogens with one attached hydrogen (secondary N) is 1. The van der Waals surface area contributed by atoms with Gasteiger partial charge in [-0.25, -0.2) is 4.39 Å². The molecular formula is C21H21ClFN3O3. The third kappa shape index (κ3) is 5.54. The molecule has 1 aliphatic rings. The van der Waals surface area contributed by atoms with Crippen LogP contribution >= 0.6 is 11.6 Å². The number of nitrogens with zero attached hydrogens (tertiary/aromatic N) is 2. The van der Waals surface area contributed by atoms with E-state index in [1.807, 2.05) is 30.3 Å². The van der Waals surface area contributed by atoms with Crippen molar-refractivity contribution in [3.05, 3.63) is 70.2 Å². The predicted molar refractivity (Wildman–Crippen MR) is 110 cm³/mol. The number of benzene rings is 2.